The van der Waals surface area contributed by atoms with Crippen LogP contribution in [0.2, 0.25) is 0 Å². The summed E-state index contributed by atoms with van der Waals surface area (Å²) in [5, 5.41) is 7.53. The van der Waals surface area contributed by atoms with Gasteiger partial charge in [-0.3, -0.25) is 4.55 Å². The zero-order valence-electron chi connectivity index (χ0n) is 7.64. The van der Waals surface area contributed by atoms with E-state index in [0.29, 0.717) is 5.57 Å². The smallest absolute Gasteiger partial charge is 0.274 e. The number of rotatable bonds is 4. The molecule has 0 spiro atoms. The lowest BCUT2D eigenvalue weighted by Crippen LogP contribution is -2.26. The Morgan fingerprint density at radius 3 is 2.23 bits per heavy atom. The second-order valence-electron chi connectivity index (χ2n) is 2.47. The van der Waals surface area contributed by atoms with Gasteiger partial charge >= 0.3 is 0 Å². The summed E-state index contributed by atoms with van der Waals surface area (Å²) in [6.07, 6.45) is 4.71. The van der Waals surface area contributed by atoms with Crippen molar-refractivity contribution in [2.75, 3.05) is 6.61 Å². The van der Waals surface area contributed by atoms with Crippen molar-refractivity contribution in [3.8, 4) is 0 Å². The highest BCUT2D eigenvalue weighted by atomic mass is 32.2. The highest BCUT2D eigenvalue weighted by molar-refractivity contribution is 7.86. The first-order valence-electron chi connectivity index (χ1n) is 3.83. The normalized spacial score (nSPS) is 16.5. The lowest BCUT2D eigenvalue weighted by atomic mass is 10.1. The summed E-state index contributed by atoms with van der Waals surface area (Å²) < 4.78 is 30.3. The van der Waals surface area contributed by atoms with Crippen LogP contribution in [0.1, 0.15) is 13.8 Å². The van der Waals surface area contributed by atoms with Crippen LogP contribution in [-0.4, -0.2) is 29.9 Å². The maximum Gasteiger partial charge on any atom is 0.274 e. The molecule has 0 heterocycles. The second kappa shape index (κ2) is 5.16. The van der Waals surface area contributed by atoms with Crippen molar-refractivity contribution in [1.29, 1.82) is 0 Å². The molecule has 0 aromatic rings. The van der Waals surface area contributed by atoms with Crippen LogP contribution in [0, 0.1) is 0 Å². The van der Waals surface area contributed by atoms with Crippen LogP contribution in [0.5, 0.6) is 0 Å². The molecular formula is C8H14O4S. The molecule has 0 saturated carbocycles. The quantitative estimate of drug-likeness (QED) is 0.526. The average Bonchev–Trinajstić information content (AvgIpc) is 2.01. The highest BCUT2D eigenvalue weighted by Gasteiger charge is 2.24. The van der Waals surface area contributed by atoms with E-state index < -0.39 is 22.0 Å². The summed E-state index contributed by atoms with van der Waals surface area (Å²) in [4.78, 5) is 0. The molecule has 0 saturated heterocycles. The van der Waals surface area contributed by atoms with Gasteiger partial charge in [0, 0.05) is 0 Å². The van der Waals surface area contributed by atoms with Crippen LogP contribution in [0.4, 0.5) is 0 Å². The topological polar surface area (TPSA) is 74.6 Å². The fourth-order valence-corrected chi connectivity index (χ4v) is 1.70. The predicted octanol–water partition coefficient (Wildman–Crippen LogP) is 0.758. The van der Waals surface area contributed by atoms with Gasteiger partial charge in [0.1, 0.15) is 5.25 Å². The van der Waals surface area contributed by atoms with Crippen molar-refractivity contribution in [2.24, 2.45) is 0 Å². The van der Waals surface area contributed by atoms with E-state index in [-0.39, 0.29) is 0 Å². The molecule has 76 valence electrons. The van der Waals surface area contributed by atoms with Crippen molar-refractivity contribution in [2.45, 2.75) is 19.1 Å². The molecule has 5 heteroatoms. The Morgan fingerprint density at radius 1 is 1.46 bits per heavy atom. The third-order valence-electron chi connectivity index (χ3n) is 1.59. The van der Waals surface area contributed by atoms with E-state index in [9.17, 15) is 8.42 Å². The van der Waals surface area contributed by atoms with Gasteiger partial charge in [0.2, 0.25) is 0 Å². The van der Waals surface area contributed by atoms with Gasteiger partial charge < -0.3 is 5.11 Å². The Balaban J connectivity index is 4.98. The number of allylic oxidation sites excluding steroid dienone is 3. The summed E-state index contributed by atoms with van der Waals surface area (Å²) in [6.45, 7) is 2.74. The number of aliphatic hydroxyl groups is 1. The van der Waals surface area contributed by atoms with Gasteiger partial charge in [-0.05, 0) is 19.4 Å². The summed E-state index contributed by atoms with van der Waals surface area (Å²) in [6, 6.07) is 0. The van der Waals surface area contributed by atoms with Gasteiger partial charge in [-0.25, -0.2) is 0 Å². The second-order valence-corrected chi connectivity index (χ2v) is 4.07. The monoisotopic (exact) mass is 206 g/mol. The van der Waals surface area contributed by atoms with Gasteiger partial charge in [-0.15, -0.1) is 0 Å². The summed E-state index contributed by atoms with van der Waals surface area (Å²) in [5.74, 6) is 0. The van der Waals surface area contributed by atoms with E-state index in [2.05, 4.69) is 0 Å². The molecule has 0 aliphatic rings. The summed E-state index contributed by atoms with van der Waals surface area (Å²) >= 11 is 0. The fraction of sp³-hybridized carbons (Fsp3) is 0.500. The maximum atomic E-state index is 10.8. The Labute approximate surface area is 78.3 Å². The molecule has 0 radical (unpaired) electrons. The molecule has 0 aromatic carbocycles. The minimum atomic E-state index is -4.22. The number of hydrogen-bond donors (Lipinski definition) is 2. The molecule has 0 aromatic heterocycles. The van der Waals surface area contributed by atoms with E-state index >= 15 is 0 Å². The van der Waals surface area contributed by atoms with Crippen molar-refractivity contribution in [3.05, 3.63) is 23.8 Å². The standard InChI is InChI=1S/C8H14O4S/c1-3-5-7(4-2)8(6-9)13(10,11)12/h3-5,8-9H,6H2,1-2H3,(H,10,11,12). The average molecular weight is 206 g/mol. The third kappa shape index (κ3) is 3.71. The van der Waals surface area contributed by atoms with Crippen LogP contribution in [0.15, 0.2) is 23.8 Å². The lowest BCUT2D eigenvalue weighted by Gasteiger charge is -2.11. The lowest BCUT2D eigenvalue weighted by molar-refractivity contribution is 0.295. The highest BCUT2D eigenvalue weighted by Crippen LogP contribution is 2.12. The van der Waals surface area contributed by atoms with E-state index in [1.165, 1.54) is 12.2 Å². The largest absolute Gasteiger partial charge is 0.395 e. The molecule has 0 rings (SSSR count). The molecule has 0 amide bonds. The van der Waals surface area contributed by atoms with Gasteiger partial charge in [0.25, 0.3) is 10.1 Å². The summed E-state index contributed by atoms with van der Waals surface area (Å²) in [7, 11) is -4.22. The molecule has 0 aliphatic heterocycles. The van der Waals surface area contributed by atoms with Gasteiger partial charge in [0.05, 0.1) is 6.61 Å². The molecule has 4 nitrogen and oxygen atoms in total. The zero-order chi connectivity index (χ0) is 10.5. The summed E-state index contributed by atoms with van der Waals surface area (Å²) in [5.41, 5.74) is 0.382. The van der Waals surface area contributed by atoms with E-state index in [1.54, 1.807) is 19.9 Å². The van der Waals surface area contributed by atoms with Crippen LogP contribution in [0.25, 0.3) is 0 Å². The third-order valence-corrected chi connectivity index (χ3v) is 2.73. The molecule has 1 unspecified atom stereocenters. The molecular weight excluding hydrogens is 192 g/mol. The minimum absolute atomic E-state index is 0.382. The van der Waals surface area contributed by atoms with Gasteiger partial charge in [-0.2, -0.15) is 8.42 Å². The number of aliphatic hydroxyl groups excluding tert-OH is 1. The molecule has 1 atom stereocenters. The number of hydrogen-bond acceptors (Lipinski definition) is 3. The van der Waals surface area contributed by atoms with Crippen LogP contribution >= 0.6 is 0 Å². The van der Waals surface area contributed by atoms with E-state index in [0.717, 1.165) is 0 Å². The van der Waals surface area contributed by atoms with Crippen LogP contribution in [0.3, 0.4) is 0 Å². The Morgan fingerprint density at radius 2 is 2.00 bits per heavy atom. The zero-order valence-corrected chi connectivity index (χ0v) is 8.45. The van der Waals surface area contributed by atoms with Crippen LogP contribution in [-0.2, 0) is 10.1 Å². The molecule has 0 bridgehead atoms. The van der Waals surface area contributed by atoms with Crippen molar-refractivity contribution >= 4 is 10.1 Å². The molecule has 0 aliphatic carbocycles. The Bertz CT molecular complexity index is 300. The Kier molecular flexibility index (Phi) is 4.90. The molecule has 0 fully saturated rings. The van der Waals surface area contributed by atoms with E-state index in [1.807, 2.05) is 0 Å². The minimum Gasteiger partial charge on any atom is -0.395 e. The molecule has 2 N–H and O–H groups in total. The van der Waals surface area contributed by atoms with Crippen LogP contribution < -0.4 is 0 Å². The van der Waals surface area contributed by atoms with Gasteiger partial charge in [0.15, 0.2) is 0 Å². The first-order valence-corrected chi connectivity index (χ1v) is 5.33. The molecule has 13 heavy (non-hydrogen) atoms. The first-order chi connectivity index (χ1) is 5.97. The van der Waals surface area contributed by atoms with Crippen molar-refractivity contribution in [3.63, 3.8) is 0 Å². The predicted molar refractivity (Wildman–Crippen MR) is 51.0 cm³/mol. The van der Waals surface area contributed by atoms with Gasteiger partial charge in [-0.1, -0.05) is 18.2 Å². The fourth-order valence-electron chi connectivity index (χ4n) is 0.953. The SMILES string of the molecule is CC=CC(=CC)C(CO)S(=O)(=O)O. The maximum absolute atomic E-state index is 10.8. The Hall–Kier alpha value is -0.650. The van der Waals surface area contributed by atoms with E-state index in [4.69, 9.17) is 9.66 Å². The van der Waals surface area contributed by atoms with Crippen molar-refractivity contribution in [1.82, 2.24) is 0 Å². The van der Waals surface area contributed by atoms with Crippen molar-refractivity contribution < 1.29 is 18.1 Å². The first kappa shape index (κ1) is 12.3.